The minimum Gasteiger partial charge on any atom is -0.391 e. The molecule has 0 spiro atoms. The molecule has 1 aromatic rings. The van der Waals surface area contributed by atoms with Crippen LogP contribution in [0, 0.1) is 0 Å². The lowest BCUT2D eigenvalue weighted by Crippen LogP contribution is -2.30. The Bertz CT molecular complexity index is 388. The molecule has 6 nitrogen and oxygen atoms in total. The van der Waals surface area contributed by atoms with Crippen LogP contribution >= 0.6 is 0 Å². The van der Waals surface area contributed by atoms with Crippen molar-refractivity contribution in [2.45, 2.75) is 32.3 Å². The number of nitrogens with zero attached hydrogens (tertiary/aromatic N) is 3. The first-order valence-electron chi connectivity index (χ1n) is 5.47. The first-order chi connectivity index (χ1) is 7.58. The van der Waals surface area contributed by atoms with Crippen molar-refractivity contribution < 1.29 is 9.90 Å². The summed E-state index contributed by atoms with van der Waals surface area (Å²) in [6.07, 6.45) is 0.222. The Morgan fingerprint density at radius 2 is 2.38 bits per heavy atom. The lowest BCUT2D eigenvalue weighted by atomic mass is 10.2. The number of nitrogens with one attached hydrogen (secondary N) is 1. The fraction of sp³-hybridized carbons (Fsp3) is 0.700. The second-order valence-electron chi connectivity index (χ2n) is 4.39. The maximum Gasteiger partial charge on any atom is 0.293 e. The average Bonchev–Trinajstić information content (AvgIpc) is 2.84. The summed E-state index contributed by atoms with van der Waals surface area (Å²) < 4.78 is 0. The summed E-state index contributed by atoms with van der Waals surface area (Å²) in [7, 11) is 0. The summed E-state index contributed by atoms with van der Waals surface area (Å²) in [5.74, 6) is 0.916. The number of β-amino-alcohol motifs (C(OH)–C–C–N with tert-alkyl or cyclic N) is 1. The van der Waals surface area contributed by atoms with Crippen molar-refractivity contribution in [3.8, 4) is 0 Å². The van der Waals surface area contributed by atoms with Gasteiger partial charge in [-0.1, -0.05) is 13.8 Å². The van der Waals surface area contributed by atoms with Crippen molar-refractivity contribution >= 4 is 5.91 Å². The third-order valence-corrected chi connectivity index (χ3v) is 2.69. The predicted molar refractivity (Wildman–Crippen MR) is 57.0 cm³/mol. The first-order valence-corrected chi connectivity index (χ1v) is 5.47. The number of aromatic nitrogens is 3. The number of carbonyl (C=O) groups excluding carboxylic acids is 1. The molecule has 16 heavy (non-hydrogen) atoms. The summed E-state index contributed by atoms with van der Waals surface area (Å²) in [4.78, 5) is 17.6. The molecule has 1 aromatic heterocycles. The minimum atomic E-state index is -0.410. The number of amides is 1. The van der Waals surface area contributed by atoms with Gasteiger partial charge < -0.3 is 10.0 Å². The second kappa shape index (κ2) is 4.21. The third kappa shape index (κ3) is 2.06. The highest BCUT2D eigenvalue weighted by atomic mass is 16.3. The van der Waals surface area contributed by atoms with E-state index >= 15 is 0 Å². The van der Waals surface area contributed by atoms with E-state index in [1.54, 1.807) is 4.90 Å². The van der Waals surface area contributed by atoms with Crippen LogP contribution in [0.3, 0.4) is 0 Å². The highest BCUT2D eigenvalue weighted by Crippen LogP contribution is 2.13. The van der Waals surface area contributed by atoms with Gasteiger partial charge in [-0.25, -0.2) is 4.98 Å². The van der Waals surface area contributed by atoms with Gasteiger partial charge in [0, 0.05) is 19.0 Å². The molecule has 1 atom stereocenters. The Balaban J connectivity index is 2.09. The van der Waals surface area contributed by atoms with Gasteiger partial charge in [0.25, 0.3) is 5.91 Å². The number of rotatable bonds is 2. The highest BCUT2D eigenvalue weighted by Gasteiger charge is 2.27. The molecule has 0 saturated carbocycles. The molecule has 1 aliphatic heterocycles. The number of likely N-dealkylation sites (tertiary alicyclic amines) is 1. The van der Waals surface area contributed by atoms with Crippen molar-refractivity contribution in [3.05, 3.63) is 11.6 Å². The number of carbonyl (C=O) groups is 1. The summed E-state index contributed by atoms with van der Waals surface area (Å²) >= 11 is 0. The Morgan fingerprint density at radius 1 is 1.62 bits per heavy atom. The molecule has 2 heterocycles. The Labute approximate surface area is 93.7 Å². The Kier molecular flexibility index (Phi) is 2.91. The number of aliphatic hydroxyl groups excluding tert-OH is 1. The Morgan fingerprint density at radius 3 is 2.88 bits per heavy atom. The molecule has 1 amide bonds. The van der Waals surface area contributed by atoms with E-state index in [9.17, 15) is 9.90 Å². The first kappa shape index (κ1) is 11.1. The monoisotopic (exact) mass is 224 g/mol. The van der Waals surface area contributed by atoms with E-state index in [2.05, 4.69) is 15.2 Å². The van der Waals surface area contributed by atoms with Gasteiger partial charge in [0.05, 0.1) is 6.10 Å². The largest absolute Gasteiger partial charge is 0.391 e. The fourth-order valence-corrected chi connectivity index (χ4v) is 1.70. The summed E-state index contributed by atoms with van der Waals surface area (Å²) in [6.45, 7) is 4.92. The van der Waals surface area contributed by atoms with E-state index in [1.807, 2.05) is 13.8 Å². The highest BCUT2D eigenvalue weighted by molar-refractivity contribution is 5.90. The molecule has 0 bridgehead atoms. The zero-order valence-electron chi connectivity index (χ0n) is 9.47. The minimum absolute atomic E-state index is 0.192. The molecule has 0 aromatic carbocycles. The van der Waals surface area contributed by atoms with Crippen LogP contribution in [0.1, 0.15) is 42.6 Å². The zero-order valence-corrected chi connectivity index (χ0v) is 9.47. The molecular weight excluding hydrogens is 208 g/mol. The van der Waals surface area contributed by atoms with Crippen LogP contribution < -0.4 is 0 Å². The van der Waals surface area contributed by atoms with E-state index < -0.39 is 6.10 Å². The van der Waals surface area contributed by atoms with Crippen LogP contribution in [0.2, 0.25) is 0 Å². The van der Waals surface area contributed by atoms with E-state index in [-0.39, 0.29) is 17.6 Å². The summed E-state index contributed by atoms with van der Waals surface area (Å²) in [6, 6.07) is 0. The predicted octanol–water partition coefficient (Wildman–Crippen LogP) is 0.135. The van der Waals surface area contributed by atoms with Gasteiger partial charge in [-0.3, -0.25) is 9.89 Å². The number of aliphatic hydroxyl groups is 1. The van der Waals surface area contributed by atoms with Crippen LogP contribution in [0.25, 0.3) is 0 Å². The van der Waals surface area contributed by atoms with Gasteiger partial charge in [0.1, 0.15) is 5.82 Å². The van der Waals surface area contributed by atoms with E-state index in [0.29, 0.717) is 25.3 Å². The van der Waals surface area contributed by atoms with E-state index in [4.69, 9.17) is 0 Å². The lowest BCUT2D eigenvalue weighted by Gasteiger charge is -2.12. The van der Waals surface area contributed by atoms with Crippen LogP contribution in [0.5, 0.6) is 0 Å². The van der Waals surface area contributed by atoms with Gasteiger partial charge in [0.2, 0.25) is 5.82 Å². The van der Waals surface area contributed by atoms with Gasteiger partial charge in [-0.15, -0.1) is 5.10 Å². The van der Waals surface area contributed by atoms with Gasteiger partial charge in [-0.2, -0.15) is 0 Å². The quantitative estimate of drug-likeness (QED) is 0.748. The standard InChI is InChI=1S/C10H16N4O2/c1-6(2)8-11-9(13-12-8)10(16)14-4-3-7(15)5-14/h6-7,15H,3-5H2,1-2H3,(H,11,12,13)/t7-/m1/s1. The SMILES string of the molecule is CC(C)c1nc(C(=O)N2CC[C@@H](O)C2)n[nH]1. The molecule has 2 rings (SSSR count). The van der Waals surface area contributed by atoms with Gasteiger partial charge >= 0.3 is 0 Å². The van der Waals surface area contributed by atoms with Crippen LogP contribution in [-0.2, 0) is 0 Å². The maximum atomic E-state index is 11.9. The normalized spacial score (nSPS) is 20.8. The molecular formula is C10H16N4O2. The molecule has 1 aliphatic rings. The molecule has 0 unspecified atom stereocenters. The second-order valence-corrected chi connectivity index (χ2v) is 4.39. The van der Waals surface area contributed by atoms with E-state index in [0.717, 1.165) is 0 Å². The smallest absolute Gasteiger partial charge is 0.293 e. The van der Waals surface area contributed by atoms with Gasteiger partial charge in [-0.05, 0) is 6.42 Å². The van der Waals surface area contributed by atoms with Crippen LogP contribution in [0.15, 0.2) is 0 Å². The molecule has 6 heteroatoms. The zero-order chi connectivity index (χ0) is 11.7. The Hall–Kier alpha value is -1.43. The molecule has 0 aliphatic carbocycles. The maximum absolute atomic E-state index is 11.9. The van der Waals surface area contributed by atoms with Crippen molar-refractivity contribution in [2.24, 2.45) is 0 Å². The van der Waals surface area contributed by atoms with Crippen LogP contribution in [0.4, 0.5) is 0 Å². The van der Waals surface area contributed by atoms with Crippen molar-refractivity contribution in [1.29, 1.82) is 0 Å². The number of aromatic amines is 1. The van der Waals surface area contributed by atoms with Crippen LogP contribution in [-0.4, -0.2) is 50.3 Å². The number of H-pyrrole nitrogens is 1. The van der Waals surface area contributed by atoms with Crippen molar-refractivity contribution in [2.75, 3.05) is 13.1 Å². The molecule has 0 radical (unpaired) electrons. The van der Waals surface area contributed by atoms with Crippen molar-refractivity contribution in [1.82, 2.24) is 20.1 Å². The number of hydrogen-bond acceptors (Lipinski definition) is 4. The third-order valence-electron chi connectivity index (χ3n) is 2.69. The molecule has 2 N–H and O–H groups in total. The average molecular weight is 224 g/mol. The summed E-state index contributed by atoms with van der Waals surface area (Å²) in [5, 5.41) is 16.0. The molecule has 88 valence electrons. The molecule has 1 fully saturated rings. The fourth-order valence-electron chi connectivity index (χ4n) is 1.70. The summed E-state index contributed by atoms with van der Waals surface area (Å²) in [5.41, 5.74) is 0. The lowest BCUT2D eigenvalue weighted by molar-refractivity contribution is 0.0753. The van der Waals surface area contributed by atoms with Crippen molar-refractivity contribution in [3.63, 3.8) is 0 Å². The van der Waals surface area contributed by atoms with E-state index in [1.165, 1.54) is 0 Å². The number of hydrogen-bond donors (Lipinski definition) is 2. The topological polar surface area (TPSA) is 82.1 Å². The van der Waals surface area contributed by atoms with Gasteiger partial charge in [0.15, 0.2) is 0 Å². The molecule has 1 saturated heterocycles.